The summed E-state index contributed by atoms with van der Waals surface area (Å²) in [6, 6.07) is 19.7. The van der Waals surface area contributed by atoms with Crippen molar-refractivity contribution in [3.05, 3.63) is 64.7 Å². The summed E-state index contributed by atoms with van der Waals surface area (Å²) in [5.74, 6) is 0. The van der Waals surface area contributed by atoms with Gasteiger partial charge in [-0.3, -0.25) is 0 Å². The molecule has 0 unspecified atom stereocenters. The third kappa shape index (κ3) is 1.80. The third-order valence-corrected chi connectivity index (χ3v) is 3.45. The smallest absolute Gasteiger partial charge is 0.167 e. The van der Waals surface area contributed by atoms with E-state index in [2.05, 4.69) is 54.4 Å². The Morgan fingerprint density at radius 2 is 1.32 bits per heavy atom. The Morgan fingerprint density at radius 1 is 0.842 bits per heavy atom. The number of aryl methyl sites for hydroxylation is 1. The molecule has 2 heteroatoms. The molecule has 92 valence electrons. The molecule has 3 rings (SSSR count). The van der Waals surface area contributed by atoms with Crippen LogP contribution in [0.2, 0.25) is 0 Å². The van der Waals surface area contributed by atoms with Crippen LogP contribution < -0.4 is 0 Å². The molecular weight excluding hydrogens is 234 g/mol. The van der Waals surface area contributed by atoms with E-state index in [1.807, 2.05) is 12.1 Å². The van der Waals surface area contributed by atoms with Crippen LogP contribution in [0.3, 0.4) is 0 Å². The van der Waals surface area contributed by atoms with Crippen molar-refractivity contribution in [1.82, 2.24) is 0 Å². The van der Waals surface area contributed by atoms with Gasteiger partial charge in [0.2, 0.25) is 5.01 Å². The molecule has 0 atom stereocenters. The van der Waals surface area contributed by atoms with Crippen molar-refractivity contribution in [3.8, 4) is 6.07 Å². The zero-order valence-electron chi connectivity index (χ0n) is 11.0. The minimum Gasteiger partial charge on any atom is -0.167 e. The molecule has 0 fully saturated rings. The van der Waals surface area contributed by atoms with Crippen molar-refractivity contribution in [2.24, 2.45) is 0 Å². The molecule has 0 saturated carbocycles. The van der Waals surface area contributed by atoms with Gasteiger partial charge in [-0.2, -0.15) is 4.84 Å². The number of fused-ring (bicyclic) bond motifs is 2. The first-order valence-electron chi connectivity index (χ1n) is 6.22. The lowest BCUT2D eigenvalue weighted by Crippen LogP contribution is -1.88. The Labute approximate surface area is 112 Å². The minimum atomic E-state index is 0.985. The molecule has 19 heavy (non-hydrogen) atoms. The van der Waals surface area contributed by atoms with E-state index in [1.54, 1.807) is 0 Å². The molecule has 0 spiro atoms. The first-order chi connectivity index (χ1) is 9.33. The van der Waals surface area contributed by atoms with Crippen LogP contribution in [0.15, 0.2) is 48.5 Å². The Morgan fingerprint density at radius 3 is 1.79 bits per heavy atom. The molecule has 0 radical (unpaired) electrons. The molecule has 0 saturated heterocycles. The highest BCUT2D eigenvalue weighted by atomic mass is 16.6. The predicted molar refractivity (Wildman–Crippen MR) is 79.5 cm³/mol. The van der Waals surface area contributed by atoms with Crippen LogP contribution >= 0.6 is 0 Å². The Kier molecular flexibility index (Phi) is 2.81. The molecule has 0 aliphatic rings. The van der Waals surface area contributed by atoms with Crippen LogP contribution in [0.4, 0.5) is 0 Å². The molecule has 0 amide bonds. The molecule has 3 aromatic carbocycles. The van der Waals surface area contributed by atoms with Crippen molar-refractivity contribution in [3.63, 3.8) is 0 Å². The molecule has 0 bridgehead atoms. The summed E-state index contributed by atoms with van der Waals surface area (Å²) in [7, 11) is 1.53. The van der Waals surface area contributed by atoms with Gasteiger partial charge in [0.15, 0.2) is 7.11 Å². The average Bonchev–Trinajstić information content (AvgIpc) is 2.47. The fourth-order valence-electron chi connectivity index (χ4n) is 2.56. The second-order valence-corrected chi connectivity index (χ2v) is 4.48. The van der Waals surface area contributed by atoms with E-state index in [0.29, 0.717) is 0 Å². The molecule has 0 heterocycles. The molecule has 2 nitrogen and oxygen atoms in total. The summed E-state index contributed by atoms with van der Waals surface area (Å²) in [5, 5.41) is 8.59. The fourth-order valence-corrected chi connectivity index (χ4v) is 2.56. The van der Waals surface area contributed by atoms with E-state index in [1.165, 1.54) is 23.4 Å². The summed E-state index contributed by atoms with van der Waals surface area (Å²) in [5.41, 5.74) is 2.27. The molecule has 0 N–H and O–H groups in total. The van der Waals surface area contributed by atoms with Gasteiger partial charge in [-0.1, -0.05) is 48.5 Å². The van der Waals surface area contributed by atoms with E-state index in [9.17, 15) is 0 Å². The molecular formula is C17H14NO+. The van der Waals surface area contributed by atoms with Gasteiger partial charge in [0, 0.05) is 10.8 Å². The van der Waals surface area contributed by atoms with Crippen LogP contribution in [0.25, 0.3) is 26.6 Å². The van der Waals surface area contributed by atoms with Gasteiger partial charge in [0.25, 0.3) is 0 Å². The van der Waals surface area contributed by atoms with Crippen LogP contribution in [0.5, 0.6) is 0 Å². The fraction of sp³-hybridized carbons (Fsp3) is 0.118. The monoisotopic (exact) mass is 248 g/mol. The van der Waals surface area contributed by atoms with Crippen LogP contribution in [-0.4, -0.2) is 7.11 Å². The largest absolute Gasteiger partial charge is 0.389 e. The topological polar surface area (TPSA) is 13.6 Å². The number of benzene rings is 3. The lowest BCUT2D eigenvalue weighted by Gasteiger charge is -2.08. The number of hydrogen-bond acceptors (Lipinski definition) is 1. The van der Waals surface area contributed by atoms with Gasteiger partial charge < -0.3 is 0 Å². The van der Waals surface area contributed by atoms with Crippen LogP contribution in [0.1, 0.15) is 11.1 Å². The van der Waals surface area contributed by atoms with Gasteiger partial charge in [-0.15, -0.1) is 0 Å². The predicted octanol–water partition coefficient (Wildman–Crippen LogP) is 4.54. The lowest BCUT2D eigenvalue weighted by atomic mass is 9.93. The Balaban J connectivity index is 2.56. The third-order valence-electron chi connectivity index (χ3n) is 3.45. The summed E-state index contributed by atoms with van der Waals surface area (Å²) >= 11 is 0. The standard InChI is InChI=1S/C17H14NO/c1-12-13-7-3-5-9-15(13)17(11-18-19-2)16-10-6-4-8-14(12)16/h3-10H,1-2H3/q+1. The van der Waals surface area contributed by atoms with E-state index < -0.39 is 0 Å². The van der Waals surface area contributed by atoms with Crippen molar-refractivity contribution in [1.29, 1.82) is 0 Å². The van der Waals surface area contributed by atoms with Crippen molar-refractivity contribution < 1.29 is 4.84 Å². The molecule has 0 aliphatic carbocycles. The quantitative estimate of drug-likeness (QED) is 0.420. The van der Waals surface area contributed by atoms with E-state index in [4.69, 9.17) is 4.84 Å². The molecule has 0 aliphatic heterocycles. The van der Waals surface area contributed by atoms with Crippen LogP contribution in [-0.2, 0) is 4.84 Å². The molecule has 3 aromatic rings. The van der Waals surface area contributed by atoms with Gasteiger partial charge in [0.05, 0.1) is 0 Å². The maximum Gasteiger partial charge on any atom is 0.389 e. The summed E-state index contributed by atoms with van der Waals surface area (Å²) in [6.45, 7) is 2.15. The second kappa shape index (κ2) is 4.62. The van der Waals surface area contributed by atoms with E-state index >= 15 is 0 Å². The average molecular weight is 248 g/mol. The van der Waals surface area contributed by atoms with E-state index in [0.717, 1.165) is 16.3 Å². The van der Waals surface area contributed by atoms with Crippen LogP contribution in [0, 0.1) is 13.0 Å². The lowest BCUT2D eigenvalue weighted by molar-refractivity contribution is 0.331. The van der Waals surface area contributed by atoms with Crippen molar-refractivity contribution >= 4 is 21.5 Å². The highest BCUT2D eigenvalue weighted by molar-refractivity contribution is 6.07. The Bertz CT molecular complexity index is 768. The summed E-state index contributed by atoms with van der Waals surface area (Å²) in [4.78, 5) is 4.79. The summed E-state index contributed by atoms with van der Waals surface area (Å²) < 4.78 is 0. The summed E-state index contributed by atoms with van der Waals surface area (Å²) in [6.07, 6.45) is 0. The first-order valence-corrected chi connectivity index (χ1v) is 6.22. The highest BCUT2D eigenvalue weighted by Gasteiger charge is 2.13. The van der Waals surface area contributed by atoms with E-state index in [-0.39, 0.29) is 0 Å². The van der Waals surface area contributed by atoms with Crippen molar-refractivity contribution in [2.45, 2.75) is 6.92 Å². The first kappa shape index (κ1) is 11.6. The zero-order valence-corrected chi connectivity index (χ0v) is 11.0. The Hall–Kier alpha value is -2.53. The van der Waals surface area contributed by atoms with Gasteiger partial charge in [-0.05, 0) is 23.3 Å². The number of nitrogens with zero attached hydrogens (tertiary/aromatic N) is 1. The maximum absolute atomic E-state index is 4.79. The molecule has 0 aromatic heterocycles. The SMILES string of the molecule is CO[N+]#Cc1c2ccccc2c(C)c2ccccc12. The zero-order chi connectivity index (χ0) is 13.2. The minimum absolute atomic E-state index is 0.985. The normalized spacial score (nSPS) is 10.2. The van der Waals surface area contributed by atoms with Crippen molar-refractivity contribution in [2.75, 3.05) is 7.11 Å². The maximum atomic E-state index is 4.79. The highest BCUT2D eigenvalue weighted by Crippen LogP contribution is 2.31. The number of rotatable bonds is 0. The van der Waals surface area contributed by atoms with Gasteiger partial charge in [0.1, 0.15) is 5.56 Å². The van der Waals surface area contributed by atoms with Gasteiger partial charge in [-0.25, -0.2) is 0 Å². The second-order valence-electron chi connectivity index (χ2n) is 4.48. The number of hydrogen-bond donors (Lipinski definition) is 0. The van der Waals surface area contributed by atoms with Gasteiger partial charge >= 0.3 is 6.07 Å².